The summed E-state index contributed by atoms with van der Waals surface area (Å²) in [6.07, 6.45) is 1.96. The molecule has 1 aromatic carbocycles. The van der Waals surface area contributed by atoms with E-state index in [9.17, 15) is 19.5 Å². The second-order valence-corrected chi connectivity index (χ2v) is 4.88. The molecule has 0 saturated carbocycles. The monoisotopic (exact) mass is 287 g/mol. The van der Waals surface area contributed by atoms with Crippen molar-refractivity contribution in [2.75, 3.05) is 11.4 Å². The number of fused-ring (bicyclic) bond motifs is 1. The number of hydrogen-bond acceptors (Lipinski definition) is 3. The number of urea groups is 1. The van der Waals surface area contributed by atoms with Gasteiger partial charge in [0.25, 0.3) is 0 Å². The van der Waals surface area contributed by atoms with Crippen LogP contribution in [0.1, 0.15) is 16.8 Å². The van der Waals surface area contributed by atoms with Gasteiger partial charge in [0.15, 0.2) is 0 Å². The first-order chi connectivity index (χ1) is 9.99. The van der Waals surface area contributed by atoms with Crippen molar-refractivity contribution in [3.8, 4) is 0 Å². The molecule has 1 aliphatic heterocycles. The number of nitrogens with zero attached hydrogens (tertiary/aromatic N) is 2. The number of anilines is 1. The molecule has 3 rings (SSSR count). The number of benzene rings is 1. The Hall–Kier alpha value is -2.83. The number of nitrogens with one attached hydrogen (secondary N) is 1. The number of aromatic carboxylic acids is 1. The van der Waals surface area contributed by atoms with Gasteiger partial charge in [-0.25, -0.2) is 9.59 Å². The van der Waals surface area contributed by atoms with Gasteiger partial charge >= 0.3 is 12.0 Å². The van der Waals surface area contributed by atoms with E-state index >= 15 is 0 Å². The Kier molecular flexibility index (Phi) is 2.90. The molecule has 2 N–H and O–H groups in total. The molecule has 2 heterocycles. The molecule has 21 heavy (non-hydrogen) atoms. The SMILES string of the molecule is Cn1ccc2c(C(=O)O)ccc(N3CCC(=O)NC3=O)c21. The van der Waals surface area contributed by atoms with Gasteiger partial charge in [-0.1, -0.05) is 0 Å². The highest BCUT2D eigenvalue weighted by Gasteiger charge is 2.27. The number of aryl methyl sites for hydroxylation is 1. The van der Waals surface area contributed by atoms with E-state index < -0.39 is 12.0 Å². The molecule has 1 aromatic heterocycles. The zero-order valence-corrected chi connectivity index (χ0v) is 11.3. The lowest BCUT2D eigenvalue weighted by atomic mass is 10.1. The van der Waals surface area contributed by atoms with Gasteiger partial charge < -0.3 is 9.67 Å². The normalized spacial score (nSPS) is 15.4. The van der Waals surface area contributed by atoms with Gasteiger partial charge in [-0.15, -0.1) is 0 Å². The van der Waals surface area contributed by atoms with E-state index in [1.54, 1.807) is 29.9 Å². The summed E-state index contributed by atoms with van der Waals surface area (Å²) in [4.78, 5) is 35.9. The van der Waals surface area contributed by atoms with E-state index in [1.165, 1.54) is 11.0 Å². The van der Waals surface area contributed by atoms with Crippen LogP contribution in [0.3, 0.4) is 0 Å². The number of hydrogen-bond donors (Lipinski definition) is 2. The molecule has 0 spiro atoms. The van der Waals surface area contributed by atoms with Crippen LogP contribution in [-0.2, 0) is 11.8 Å². The lowest BCUT2D eigenvalue weighted by Gasteiger charge is -2.27. The van der Waals surface area contributed by atoms with Crippen molar-refractivity contribution in [1.82, 2.24) is 9.88 Å². The van der Waals surface area contributed by atoms with Crippen molar-refractivity contribution >= 4 is 34.5 Å². The lowest BCUT2D eigenvalue weighted by molar-refractivity contribution is -0.120. The van der Waals surface area contributed by atoms with Crippen molar-refractivity contribution in [3.05, 3.63) is 30.0 Å². The van der Waals surface area contributed by atoms with Gasteiger partial charge in [-0.3, -0.25) is 15.0 Å². The molecule has 7 heteroatoms. The predicted molar refractivity (Wildman–Crippen MR) is 75.4 cm³/mol. The molecule has 2 aromatic rings. The second-order valence-electron chi connectivity index (χ2n) is 4.88. The summed E-state index contributed by atoms with van der Waals surface area (Å²) in [6.45, 7) is 0.275. The fraction of sp³-hybridized carbons (Fsp3) is 0.214. The van der Waals surface area contributed by atoms with Crippen LogP contribution in [0.5, 0.6) is 0 Å². The average Bonchev–Trinajstić information content (AvgIpc) is 2.81. The molecule has 0 radical (unpaired) electrons. The third-order valence-corrected chi connectivity index (χ3v) is 3.59. The zero-order valence-electron chi connectivity index (χ0n) is 11.3. The Labute approximate surface area is 119 Å². The number of carboxylic acid groups (broad SMARTS) is 1. The summed E-state index contributed by atoms with van der Waals surface area (Å²) in [5.41, 5.74) is 1.43. The maximum atomic E-state index is 12.0. The number of imide groups is 1. The number of rotatable bonds is 2. The summed E-state index contributed by atoms with van der Waals surface area (Å²) in [6, 6.07) is 4.29. The Morgan fingerprint density at radius 1 is 1.29 bits per heavy atom. The van der Waals surface area contributed by atoms with Crippen molar-refractivity contribution < 1.29 is 19.5 Å². The number of carbonyl (C=O) groups is 3. The van der Waals surface area contributed by atoms with Crippen LogP contribution in [0, 0.1) is 0 Å². The lowest BCUT2D eigenvalue weighted by Crippen LogP contribution is -2.49. The molecule has 108 valence electrons. The van der Waals surface area contributed by atoms with Crippen LogP contribution in [0.4, 0.5) is 10.5 Å². The van der Waals surface area contributed by atoms with E-state index in [0.717, 1.165) is 0 Å². The molecule has 0 aliphatic carbocycles. The minimum Gasteiger partial charge on any atom is -0.478 e. The van der Waals surface area contributed by atoms with Crippen LogP contribution >= 0.6 is 0 Å². The van der Waals surface area contributed by atoms with Crippen molar-refractivity contribution in [1.29, 1.82) is 0 Å². The highest BCUT2D eigenvalue weighted by molar-refractivity contribution is 6.12. The molecular weight excluding hydrogens is 274 g/mol. The largest absolute Gasteiger partial charge is 0.478 e. The van der Waals surface area contributed by atoms with Crippen molar-refractivity contribution in [3.63, 3.8) is 0 Å². The fourth-order valence-corrected chi connectivity index (χ4v) is 2.60. The van der Waals surface area contributed by atoms with E-state index in [4.69, 9.17) is 0 Å². The first-order valence-electron chi connectivity index (χ1n) is 6.41. The van der Waals surface area contributed by atoms with E-state index in [0.29, 0.717) is 16.6 Å². The number of aromatic nitrogens is 1. The summed E-state index contributed by atoms with van der Waals surface area (Å²) in [7, 11) is 1.78. The van der Waals surface area contributed by atoms with Crippen LogP contribution in [0.25, 0.3) is 10.9 Å². The van der Waals surface area contributed by atoms with Gasteiger partial charge in [0, 0.05) is 31.6 Å². The Bertz CT molecular complexity index is 778. The van der Waals surface area contributed by atoms with Crippen LogP contribution in [0.15, 0.2) is 24.4 Å². The van der Waals surface area contributed by atoms with Gasteiger partial charge in [0.1, 0.15) is 0 Å². The first-order valence-corrected chi connectivity index (χ1v) is 6.41. The Morgan fingerprint density at radius 2 is 2.05 bits per heavy atom. The van der Waals surface area contributed by atoms with Gasteiger partial charge in [-0.2, -0.15) is 0 Å². The van der Waals surface area contributed by atoms with Crippen molar-refractivity contribution in [2.45, 2.75) is 6.42 Å². The van der Waals surface area contributed by atoms with Gasteiger partial charge in [0.2, 0.25) is 5.91 Å². The maximum absolute atomic E-state index is 12.0. The second kappa shape index (κ2) is 4.62. The predicted octanol–water partition coefficient (Wildman–Crippen LogP) is 1.32. The molecule has 3 amide bonds. The van der Waals surface area contributed by atoms with Crippen LogP contribution in [0.2, 0.25) is 0 Å². The van der Waals surface area contributed by atoms with Crippen molar-refractivity contribution in [2.24, 2.45) is 7.05 Å². The smallest absolute Gasteiger partial charge is 0.336 e. The molecule has 7 nitrogen and oxygen atoms in total. The van der Waals surface area contributed by atoms with E-state index in [2.05, 4.69) is 5.32 Å². The van der Waals surface area contributed by atoms with Crippen LogP contribution < -0.4 is 10.2 Å². The number of amides is 3. The average molecular weight is 287 g/mol. The van der Waals surface area contributed by atoms with Gasteiger partial charge in [0.05, 0.1) is 16.8 Å². The minimum absolute atomic E-state index is 0.183. The third-order valence-electron chi connectivity index (χ3n) is 3.59. The fourth-order valence-electron chi connectivity index (χ4n) is 2.60. The van der Waals surface area contributed by atoms with E-state index in [1.807, 2.05) is 0 Å². The molecule has 0 bridgehead atoms. The maximum Gasteiger partial charge on any atom is 0.336 e. The third kappa shape index (κ3) is 2.03. The highest BCUT2D eigenvalue weighted by atomic mass is 16.4. The molecule has 0 unspecified atom stereocenters. The summed E-state index contributed by atoms with van der Waals surface area (Å²) in [5.74, 6) is -1.32. The zero-order chi connectivity index (χ0) is 15.1. The number of carbonyl (C=O) groups excluding carboxylic acids is 2. The van der Waals surface area contributed by atoms with Gasteiger partial charge in [-0.05, 0) is 18.2 Å². The molecule has 0 atom stereocenters. The molecule has 1 aliphatic rings. The minimum atomic E-state index is -1.02. The standard InChI is InChI=1S/C14H13N3O4/c1-16-6-4-8-9(13(19)20)2-3-10(12(8)16)17-7-5-11(18)15-14(17)21/h2-4,6H,5,7H2,1H3,(H,19,20)(H,15,18,21). The first kappa shape index (κ1) is 13.2. The van der Waals surface area contributed by atoms with E-state index in [-0.39, 0.29) is 24.4 Å². The number of carboxylic acids is 1. The van der Waals surface area contributed by atoms with Crippen LogP contribution in [-0.4, -0.2) is 34.1 Å². The molecule has 1 fully saturated rings. The Balaban J connectivity index is 2.18. The topological polar surface area (TPSA) is 91.6 Å². The summed E-state index contributed by atoms with van der Waals surface area (Å²) >= 11 is 0. The Morgan fingerprint density at radius 3 is 2.71 bits per heavy atom. The summed E-state index contributed by atoms with van der Waals surface area (Å²) < 4.78 is 1.76. The quantitative estimate of drug-likeness (QED) is 0.871. The molecular formula is C14H13N3O4. The highest BCUT2D eigenvalue weighted by Crippen LogP contribution is 2.31. The molecule has 1 saturated heterocycles. The summed E-state index contributed by atoms with van der Waals surface area (Å²) in [5, 5.41) is 12.1.